The third-order valence-electron chi connectivity index (χ3n) is 5.37. The number of aliphatic carboxylic acids is 1. The van der Waals surface area contributed by atoms with Gasteiger partial charge in [0.15, 0.2) is 5.13 Å². The van der Waals surface area contributed by atoms with Crippen LogP contribution in [0, 0.1) is 5.41 Å². The summed E-state index contributed by atoms with van der Waals surface area (Å²) in [6, 6.07) is -0.780. The number of fused-ring (bicyclic) bond motifs is 1. The highest BCUT2D eigenvalue weighted by atomic mass is 32.2. The third-order valence-corrected chi connectivity index (χ3v) is 8.43. The van der Waals surface area contributed by atoms with E-state index in [1.165, 1.54) is 34.9 Å². The number of nitrogens with one attached hydrogen (secondary N) is 1. The first-order valence-corrected chi connectivity index (χ1v) is 12.5. The molecule has 0 bridgehead atoms. The van der Waals surface area contributed by atoms with Crippen molar-refractivity contribution in [1.29, 1.82) is 0 Å². The number of anilines is 1. The number of amides is 2. The van der Waals surface area contributed by atoms with Gasteiger partial charge in [0.25, 0.3) is 5.91 Å². The summed E-state index contributed by atoms with van der Waals surface area (Å²) in [5, 5.41) is 16.0. The number of thioether (sulfide) groups is 2. The second-order valence-corrected chi connectivity index (χ2v) is 10.5. The molecule has 10 nitrogen and oxygen atoms in total. The minimum absolute atomic E-state index is 0.0889. The van der Waals surface area contributed by atoms with Crippen LogP contribution in [0.15, 0.2) is 22.4 Å². The zero-order chi connectivity index (χ0) is 23.0. The molecule has 4 heterocycles. The van der Waals surface area contributed by atoms with Crippen LogP contribution in [-0.2, 0) is 23.9 Å². The lowest BCUT2D eigenvalue weighted by molar-refractivity contribution is -0.164. The van der Waals surface area contributed by atoms with Crippen LogP contribution in [0.25, 0.3) is 5.57 Å². The summed E-state index contributed by atoms with van der Waals surface area (Å²) >= 11 is 4.03. The Balaban J connectivity index is 1.49. The predicted octanol–water partition coefficient (Wildman–Crippen LogP) is 0.773. The molecule has 2 saturated heterocycles. The van der Waals surface area contributed by atoms with E-state index in [1.807, 2.05) is 11.5 Å². The van der Waals surface area contributed by atoms with Crippen LogP contribution in [0.5, 0.6) is 0 Å². The Morgan fingerprint density at radius 2 is 2.22 bits per heavy atom. The Labute approximate surface area is 195 Å². The fourth-order valence-corrected chi connectivity index (χ4v) is 6.51. The molecule has 1 aromatic rings. The number of rotatable bonds is 6. The molecule has 4 rings (SSSR count). The quantitative estimate of drug-likeness (QED) is 0.292. The maximum atomic E-state index is 13.2. The molecular weight excluding hydrogens is 476 g/mol. The van der Waals surface area contributed by atoms with Gasteiger partial charge in [0, 0.05) is 30.4 Å². The van der Waals surface area contributed by atoms with Crippen molar-refractivity contribution in [3.05, 3.63) is 28.1 Å². The number of hydrogen-bond donors (Lipinski definition) is 3. The zero-order valence-corrected chi connectivity index (χ0v) is 19.3. The lowest BCUT2D eigenvalue weighted by Crippen LogP contribution is -2.74. The molecule has 1 aromatic heterocycles. The van der Waals surface area contributed by atoms with E-state index in [4.69, 9.17) is 10.5 Å². The molecule has 2 amide bonds. The summed E-state index contributed by atoms with van der Waals surface area (Å²) in [7, 11) is 0. The minimum atomic E-state index is -1.38. The standard InChI is InChI=1S/C19H20N4O6S3/c1-9(24)29-7-19(17(27)28)6-23-15(26)13(16(23)32-8-19)22-14(25)12(10-2-3-30-4-10)11-5-31-18(20)21-11/h2-3,5,13,16H,4,6-8H2,1H3,(H2,20,21)(H,22,25)(H,27,28)/t13?,16-,19?/m1/s1. The summed E-state index contributed by atoms with van der Waals surface area (Å²) in [4.78, 5) is 54.6. The molecule has 0 aromatic carbocycles. The van der Waals surface area contributed by atoms with Gasteiger partial charge in [-0.05, 0) is 11.0 Å². The summed E-state index contributed by atoms with van der Waals surface area (Å²) < 4.78 is 4.95. The number of hydrogen-bond acceptors (Lipinski definition) is 10. The molecule has 0 spiro atoms. The molecule has 0 radical (unpaired) electrons. The highest BCUT2D eigenvalue weighted by Gasteiger charge is 2.58. The molecule has 0 saturated carbocycles. The molecule has 32 heavy (non-hydrogen) atoms. The maximum Gasteiger partial charge on any atom is 0.315 e. The number of carbonyl (C=O) groups is 4. The van der Waals surface area contributed by atoms with Crippen LogP contribution in [0.3, 0.4) is 0 Å². The number of esters is 1. The van der Waals surface area contributed by atoms with E-state index < -0.39 is 34.7 Å². The van der Waals surface area contributed by atoms with E-state index in [0.717, 1.165) is 5.57 Å². The smallest absolute Gasteiger partial charge is 0.315 e. The second-order valence-electron chi connectivity index (χ2n) is 7.57. The molecule has 3 aliphatic heterocycles. The van der Waals surface area contributed by atoms with Crippen LogP contribution in [-0.4, -0.2) is 74.8 Å². The number of carboxylic acids is 1. The van der Waals surface area contributed by atoms with Gasteiger partial charge in [0.2, 0.25) is 5.91 Å². The van der Waals surface area contributed by atoms with Crippen molar-refractivity contribution in [2.24, 2.45) is 5.41 Å². The number of nitrogens with zero attached hydrogens (tertiary/aromatic N) is 2. The zero-order valence-electron chi connectivity index (χ0n) is 16.9. The highest BCUT2D eigenvalue weighted by molar-refractivity contribution is 8.02. The molecular formula is C19H20N4O6S3. The predicted molar refractivity (Wildman–Crippen MR) is 122 cm³/mol. The lowest BCUT2D eigenvalue weighted by Gasteiger charge is -2.53. The molecule has 3 atom stereocenters. The SMILES string of the molecule is CC(=O)OCC1(C(=O)O)CS[C@@H]2C(NC(=O)C(=C3C=CSC3)c3csc(N)n3)C(=O)N2C1. The van der Waals surface area contributed by atoms with Crippen LogP contribution < -0.4 is 11.1 Å². The number of carboxylic acid groups (broad SMARTS) is 1. The number of nitrogens with two attached hydrogens (primary N) is 1. The van der Waals surface area contributed by atoms with Crippen molar-refractivity contribution in [2.75, 3.05) is 30.4 Å². The maximum absolute atomic E-state index is 13.2. The van der Waals surface area contributed by atoms with Crippen LogP contribution in [0.2, 0.25) is 0 Å². The Hall–Kier alpha value is -2.51. The Morgan fingerprint density at radius 3 is 2.81 bits per heavy atom. The number of β-lactam (4-membered cyclic amide) rings is 1. The van der Waals surface area contributed by atoms with Gasteiger partial charge in [-0.1, -0.05) is 6.08 Å². The van der Waals surface area contributed by atoms with Gasteiger partial charge in [-0.3, -0.25) is 19.2 Å². The summed E-state index contributed by atoms with van der Waals surface area (Å²) in [5.74, 6) is -1.76. The van der Waals surface area contributed by atoms with Crippen molar-refractivity contribution < 1.29 is 29.0 Å². The highest BCUT2D eigenvalue weighted by Crippen LogP contribution is 2.42. The normalized spacial score (nSPS) is 28.0. The van der Waals surface area contributed by atoms with Gasteiger partial charge in [-0.15, -0.1) is 34.9 Å². The van der Waals surface area contributed by atoms with Crippen molar-refractivity contribution in [2.45, 2.75) is 18.3 Å². The number of carbonyl (C=O) groups excluding carboxylic acids is 3. The molecule has 4 N–H and O–H groups in total. The summed E-state index contributed by atoms with van der Waals surface area (Å²) in [6.07, 6.45) is 1.84. The number of nitrogen functional groups attached to an aromatic ring is 1. The fraction of sp³-hybridized carbons (Fsp3) is 0.421. The molecule has 0 aliphatic carbocycles. The lowest BCUT2D eigenvalue weighted by atomic mass is 9.88. The number of ether oxygens (including phenoxy) is 1. The van der Waals surface area contributed by atoms with E-state index in [1.54, 1.807) is 17.1 Å². The first kappa shape index (κ1) is 22.7. The number of aromatic nitrogens is 1. The van der Waals surface area contributed by atoms with Crippen molar-refractivity contribution in [3.63, 3.8) is 0 Å². The number of thiazole rings is 1. The van der Waals surface area contributed by atoms with Crippen molar-refractivity contribution in [3.8, 4) is 0 Å². The molecule has 13 heteroatoms. The average molecular weight is 497 g/mol. The van der Waals surface area contributed by atoms with Gasteiger partial charge in [0.05, 0.1) is 11.3 Å². The van der Waals surface area contributed by atoms with E-state index in [9.17, 15) is 24.3 Å². The van der Waals surface area contributed by atoms with Crippen LogP contribution in [0.4, 0.5) is 5.13 Å². The minimum Gasteiger partial charge on any atom is -0.481 e. The molecule has 170 valence electrons. The van der Waals surface area contributed by atoms with E-state index in [0.29, 0.717) is 22.2 Å². The van der Waals surface area contributed by atoms with Gasteiger partial charge in [-0.25, -0.2) is 4.98 Å². The van der Waals surface area contributed by atoms with Crippen molar-refractivity contribution >= 4 is 69.3 Å². The molecule has 2 fully saturated rings. The summed E-state index contributed by atoms with van der Waals surface area (Å²) in [6.45, 7) is 0.798. The Morgan fingerprint density at radius 1 is 1.44 bits per heavy atom. The topological polar surface area (TPSA) is 152 Å². The van der Waals surface area contributed by atoms with Gasteiger partial charge >= 0.3 is 11.9 Å². The fourth-order valence-electron chi connectivity index (χ4n) is 3.66. The van der Waals surface area contributed by atoms with Crippen molar-refractivity contribution in [1.82, 2.24) is 15.2 Å². The third kappa shape index (κ3) is 4.11. The largest absolute Gasteiger partial charge is 0.481 e. The second kappa shape index (κ2) is 8.79. The number of allylic oxidation sites excluding steroid dienone is 1. The summed E-state index contributed by atoms with van der Waals surface area (Å²) in [5.41, 5.74) is 5.99. The van der Waals surface area contributed by atoms with Crippen LogP contribution >= 0.6 is 34.9 Å². The van der Waals surface area contributed by atoms with E-state index >= 15 is 0 Å². The Kier molecular flexibility index (Phi) is 6.23. The Bertz CT molecular complexity index is 1050. The monoisotopic (exact) mass is 496 g/mol. The first-order valence-electron chi connectivity index (χ1n) is 9.54. The van der Waals surface area contributed by atoms with Gasteiger partial charge < -0.3 is 25.8 Å². The average Bonchev–Trinajstić information content (AvgIpc) is 3.42. The van der Waals surface area contributed by atoms with E-state index in [-0.39, 0.29) is 24.8 Å². The van der Waals surface area contributed by atoms with Gasteiger partial charge in [0.1, 0.15) is 23.4 Å². The molecule has 2 unspecified atom stereocenters. The van der Waals surface area contributed by atoms with E-state index in [2.05, 4.69) is 10.3 Å². The molecule has 3 aliphatic rings. The van der Waals surface area contributed by atoms with Gasteiger partial charge in [-0.2, -0.15) is 0 Å². The first-order chi connectivity index (χ1) is 15.2. The van der Waals surface area contributed by atoms with Crippen LogP contribution in [0.1, 0.15) is 12.6 Å².